The Labute approximate surface area is 150 Å². The van der Waals surface area contributed by atoms with E-state index in [9.17, 15) is 0 Å². The highest BCUT2D eigenvalue weighted by atomic mass is 127. The Morgan fingerprint density at radius 1 is 1.18 bits per heavy atom. The average molecular weight is 417 g/mol. The lowest BCUT2D eigenvalue weighted by atomic mass is 9.96. The third kappa shape index (κ3) is 4.86. The van der Waals surface area contributed by atoms with Crippen LogP contribution in [0.2, 0.25) is 0 Å². The van der Waals surface area contributed by atoms with Gasteiger partial charge in [0.25, 0.3) is 0 Å². The number of guanidine groups is 1. The van der Waals surface area contributed by atoms with E-state index in [1.165, 1.54) is 57.8 Å². The Morgan fingerprint density at radius 2 is 1.86 bits per heavy atom. The molecule has 3 N–H and O–H groups in total. The van der Waals surface area contributed by atoms with Gasteiger partial charge in [-0.3, -0.25) is 4.68 Å². The number of nitrogens with one attached hydrogen (secondary N) is 1. The van der Waals surface area contributed by atoms with Crippen molar-refractivity contribution in [1.82, 2.24) is 15.1 Å². The maximum absolute atomic E-state index is 5.99. The summed E-state index contributed by atoms with van der Waals surface area (Å²) in [6.45, 7) is 0.575. The predicted molar refractivity (Wildman–Crippen MR) is 100 cm³/mol. The molecule has 2 saturated carbocycles. The van der Waals surface area contributed by atoms with Gasteiger partial charge in [0, 0.05) is 12.2 Å². The molecule has 0 aliphatic heterocycles. The van der Waals surface area contributed by atoms with Crippen LogP contribution in [-0.2, 0) is 6.54 Å². The molecule has 0 saturated heterocycles. The van der Waals surface area contributed by atoms with Crippen molar-refractivity contribution in [3.8, 4) is 0 Å². The van der Waals surface area contributed by atoms with E-state index in [0.717, 1.165) is 5.69 Å². The second kappa shape index (κ2) is 8.74. The van der Waals surface area contributed by atoms with Crippen LogP contribution in [0.3, 0.4) is 0 Å². The van der Waals surface area contributed by atoms with Gasteiger partial charge in [0.05, 0.1) is 18.3 Å². The van der Waals surface area contributed by atoms with Gasteiger partial charge in [0.15, 0.2) is 5.96 Å². The second-order valence-corrected chi connectivity index (χ2v) is 6.41. The van der Waals surface area contributed by atoms with Crippen molar-refractivity contribution in [2.24, 2.45) is 10.7 Å². The predicted octanol–water partition coefficient (Wildman–Crippen LogP) is 3.35. The van der Waals surface area contributed by atoms with Gasteiger partial charge >= 0.3 is 0 Å². The molecular formula is C16H28IN5. The van der Waals surface area contributed by atoms with Crippen LogP contribution in [-0.4, -0.2) is 21.8 Å². The molecule has 2 aliphatic carbocycles. The van der Waals surface area contributed by atoms with Crippen LogP contribution in [0.15, 0.2) is 17.3 Å². The molecule has 0 aromatic carbocycles. The van der Waals surface area contributed by atoms with Crippen LogP contribution in [0.1, 0.15) is 69.5 Å². The molecule has 1 heterocycles. The Morgan fingerprint density at radius 3 is 2.59 bits per heavy atom. The molecule has 0 radical (unpaired) electrons. The largest absolute Gasteiger partial charge is 0.370 e. The minimum absolute atomic E-state index is 0. The topological polar surface area (TPSA) is 68.2 Å². The van der Waals surface area contributed by atoms with Gasteiger partial charge in [-0.15, -0.1) is 24.0 Å². The lowest BCUT2D eigenvalue weighted by Crippen LogP contribution is -2.41. The van der Waals surface area contributed by atoms with Gasteiger partial charge < -0.3 is 11.1 Å². The van der Waals surface area contributed by atoms with Crippen molar-refractivity contribution < 1.29 is 0 Å². The molecule has 0 spiro atoms. The lowest BCUT2D eigenvalue weighted by Gasteiger charge is -2.23. The van der Waals surface area contributed by atoms with Crippen LogP contribution in [0.4, 0.5) is 0 Å². The normalized spacial score (nSPS) is 20.8. The quantitative estimate of drug-likeness (QED) is 0.449. The summed E-state index contributed by atoms with van der Waals surface area (Å²) in [4.78, 5) is 4.44. The van der Waals surface area contributed by atoms with Crippen LogP contribution in [0.25, 0.3) is 0 Å². The summed E-state index contributed by atoms with van der Waals surface area (Å²) in [7, 11) is 0. The standard InChI is InChI=1S/C16H27N5.HI/c17-16(19-13-6-2-1-3-7-13)18-12-14-10-11-21(20-14)15-8-4-5-9-15;/h10-11,13,15H,1-9,12H2,(H3,17,18,19);1H. The molecule has 5 nitrogen and oxygen atoms in total. The molecule has 22 heavy (non-hydrogen) atoms. The van der Waals surface area contributed by atoms with E-state index >= 15 is 0 Å². The zero-order chi connectivity index (χ0) is 14.5. The molecule has 0 atom stereocenters. The third-order valence-electron chi connectivity index (χ3n) is 4.73. The summed E-state index contributed by atoms with van der Waals surface area (Å²) in [5, 5.41) is 7.98. The third-order valence-corrected chi connectivity index (χ3v) is 4.73. The fourth-order valence-electron chi connectivity index (χ4n) is 3.50. The van der Waals surface area contributed by atoms with E-state index in [2.05, 4.69) is 32.4 Å². The maximum Gasteiger partial charge on any atom is 0.189 e. The van der Waals surface area contributed by atoms with Crippen molar-refractivity contribution in [2.45, 2.75) is 76.4 Å². The van der Waals surface area contributed by atoms with Crippen molar-refractivity contribution >= 4 is 29.9 Å². The summed E-state index contributed by atoms with van der Waals surface area (Å²) < 4.78 is 2.11. The number of rotatable bonds is 4. The van der Waals surface area contributed by atoms with Crippen LogP contribution >= 0.6 is 24.0 Å². The SMILES string of the molecule is I.NC(=NCc1ccn(C2CCCC2)n1)NC1CCCCC1. The van der Waals surface area contributed by atoms with Crippen molar-refractivity contribution in [3.63, 3.8) is 0 Å². The summed E-state index contributed by atoms with van der Waals surface area (Å²) in [6, 6.07) is 3.18. The first-order valence-corrected chi connectivity index (χ1v) is 8.42. The number of aliphatic imine (C=N–C) groups is 1. The zero-order valence-electron chi connectivity index (χ0n) is 13.2. The van der Waals surface area contributed by atoms with Crippen LogP contribution in [0, 0.1) is 0 Å². The number of hydrogen-bond acceptors (Lipinski definition) is 2. The monoisotopic (exact) mass is 417 g/mol. The van der Waals surface area contributed by atoms with Gasteiger partial charge in [0.2, 0.25) is 0 Å². The molecule has 0 unspecified atom stereocenters. The Hall–Kier alpha value is -0.790. The van der Waals surface area contributed by atoms with E-state index in [1.807, 2.05) is 0 Å². The molecular weight excluding hydrogens is 389 g/mol. The molecule has 2 fully saturated rings. The number of aromatic nitrogens is 2. The fraction of sp³-hybridized carbons (Fsp3) is 0.750. The first kappa shape index (κ1) is 17.6. The average Bonchev–Trinajstić information content (AvgIpc) is 3.17. The smallest absolute Gasteiger partial charge is 0.189 e. The maximum atomic E-state index is 5.99. The van der Waals surface area contributed by atoms with E-state index in [0.29, 0.717) is 24.6 Å². The van der Waals surface area contributed by atoms with Crippen molar-refractivity contribution in [1.29, 1.82) is 0 Å². The number of nitrogens with zero attached hydrogens (tertiary/aromatic N) is 3. The number of nitrogens with two attached hydrogens (primary N) is 1. The Balaban J connectivity index is 0.00000176. The first-order chi connectivity index (χ1) is 10.3. The minimum atomic E-state index is 0. The van der Waals surface area contributed by atoms with Crippen molar-refractivity contribution in [3.05, 3.63) is 18.0 Å². The van der Waals surface area contributed by atoms with E-state index in [-0.39, 0.29) is 24.0 Å². The van der Waals surface area contributed by atoms with Gasteiger partial charge in [-0.05, 0) is 31.7 Å². The molecule has 2 aliphatic rings. The van der Waals surface area contributed by atoms with Crippen LogP contribution < -0.4 is 11.1 Å². The number of hydrogen-bond donors (Lipinski definition) is 2. The highest BCUT2D eigenvalue weighted by molar-refractivity contribution is 14.0. The van der Waals surface area contributed by atoms with E-state index in [4.69, 9.17) is 5.73 Å². The molecule has 0 amide bonds. The molecule has 1 aromatic heterocycles. The molecule has 0 bridgehead atoms. The van der Waals surface area contributed by atoms with Gasteiger partial charge in [-0.25, -0.2) is 4.99 Å². The highest BCUT2D eigenvalue weighted by Crippen LogP contribution is 2.28. The first-order valence-electron chi connectivity index (χ1n) is 8.42. The Kier molecular flexibility index (Phi) is 6.98. The number of halogens is 1. The second-order valence-electron chi connectivity index (χ2n) is 6.41. The molecule has 6 heteroatoms. The van der Waals surface area contributed by atoms with E-state index in [1.54, 1.807) is 0 Å². The molecule has 124 valence electrons. The van der Waals surface area contributed by atoms with Crippen LogP contribution in [0.5, 0.6) is 0 Å². The van der Waals surface area contributed by atoms with Crippen molar-refractivity contribution in [2.75, 3.05) is 0 Å². The van der Waals surface area contributed by atoms with Gasteiger partial charge in [-0.1, -0.05) is 32.1 Å². The Bertz CT molecular complexity index is 473. The van der Waals surface area contributed by atoms with E-state index < -0.39 is 0 Å². The highest BCUT2D eigenvalue weighted by Gasteiger charge is 2.17. The lowest BCUT2D eigenvalue weighted by molar-refractivity contribution is 0.412. The molecule has 3 rings (SSSR count). The molecule has 1 aromatic rings. The van der Waals surface area contributed by atoms with Gasteiger partial charge in [-0.2, -0.15) is 5.10 Å². The summed E-state index contributed by atoms with van der Waals surface area (Å²) in [6.07, 6.45) is 13.7. The van der Waals surface area contributed by atoms with Gasteiger partial charge in [0.1, 0.15) is 0 Å². The minimum Gasteiger partial charge on any atom is -0.370 e. The summed E-state index contributed by atoms with van der Waals surface area (Å²) in [5.74, 6) is 0.567. The summed E-state index contributed by atoms with van der Waals surface area (Å²) >= 11 is 0. The zero-order valence-corrected chi connectivity index (χ0v) is 15.5. The fourth-order valence-corrected chi connectivity index (χ4v) is 3.50. The summed E-state index contributed by atoms with van der Waals surface area (Å²) in [5.41, 5.74) is 7.00.